The lowest BCUT2D eigenvalue weighted by atomic mass is 10.2. The molecule has 1 fully saturated rings. The van der Waals surface area contributed by atoms with E-state index in [4.69, 9.17) is 15.2 Å². The molecule has 2 aromatic heterocycles. The number of hydrogen-bond donors (Lipinski definition) is 1. The molecule has 0 saturated heterocycles. The van der Waals surface area contributed by atoms with Crippen molar-refractivity contribution in [3.63, 3.8) is 0 Å². The summed E-state index contributed by atoms with van der Waals surface area (Å²) in [6.07, 6.45) is 2.45. The molecule has 3 aromatic rings. The number of nitrogen functional groups attached to an aromatic ring is 1. The Labute approximate surface area is 122 Å². The third-order valence-electron chi connectivity index (χ3n) is 4.24. The molecule has 0 unspecified atom stereocenters. The van der Waals surface area contributed by atoms with E-state index in [1.54, 1.807) is 0 Å². The van der Waals surface area contributed by atoms with Crippen LogP contribution in [0.3, 0.4) is 0 Å². The third kappa shape index (κ3) is 2.00. The maximum Gasteiger partial charge on any atom is 0.138 e. The number of aryl methyl sites for hydroxylation is 2. The fourth-order valence-corrected chi connectivity index (χ4v) is 2.87. The average molecular weight is 282 g/mol. The highest BCUT2D eigenvalue weighted by atomic mass is 16.5. The van der Waals surface area contributed by atoms with Crippen LogP contribution in [0.1, 0.15) is 41.6 Å². The summed E-state index contributed by atoms with van der Waals surface area (Å²) in [5.41, 5.74) is 10.8. The van der Waals surface area contributed by atoms with Gasteiger partial charge in [-0.05, 0) is 44.9 Å². The maximum atomic E-state index is 5.88. The average Bonchev–Trinajstić information content (AvgIpc) is 3.18. The van der Waals surface area contributed by atoms with E-state index in [9.17, 15) is 0 Å². The van der Waals surface area contributed by atoms with Crippen molar-refractivity contribution in [2.75, 3.05) is 5.73 Å². The van der Waals surface area contributed by atoms with Crippen LogP contribution in [0, 0.1) is 13.8 Å². The molecule has 0 atom stereocenters. The van der Waals surface area contributed by atoms with E-state index in [1.807, 2.05) is 26.0 Å². The summed E-state index contributed by atoms with van der Waals surface area (Å²) < 4.78 is 7.58. The van der Waals surface area contributed by atoms with Gasteiger partial charge in [0.05, 0.1) is 23.3 Å². The maximum absolute atomic E-state index is 5.88. The molecule has 0 aliphatic heterocycles. The third-order valence-corrected chi connectivity index (χ3v) is 4.24. The Morgan fingerprint density at radius 2 is 2.14 bits per heavy atom. The van der Waals surface area contributed by atoms with Crippen molar-refractivity contribution in [2.24, 2.45) is 0 Å². The van der Waals surface area contributed by atoms with E-state index in [-0.39, 0.29) is 0 Å². The monoisotopic (exact) mass is 282 g/mol. The summed E-state index contributed by atoms with van der Waals surface area (Å²) in [6, 6.07) is 5.94. The predicted molar refractivity (Wildman–Crippen MR) is 81.2 cm³/mol. The molecule has 2 N–H and O–H groups in total. The van der Waals surface area contributed by atoms with Gasteiger partial charge < -0.3 is 14.8 Å². The van der Waals surface area contributed by atoms with E-state index in [1.165, 1.54) is 12.8 Å². The molecule has 0 radical (unpaired) electrons. The number of nitrogens with two attached hydrogens (primary N) is 1. The fourth-order valence-electron chi connectivity index (χ4n) is 2.87. The fraction of sp³-hybridized carbons (Fsp3) is 0.375. The van der Waals surface area contributed by atoms with E-state index in [2.05, 4.69) is 15.8 Å². The molecule has 4 rings (SSSR count). The van der Waals surface area contributed by atoms with Crippen molar-refractivity contribution in [3.05, 3.63) is 41.0 Å². The van der Waals surface area contributed by atoms with E-state index >= 15 is 0 Å². The van der Waals surface area contributed by atoms with Crippen LogP contribution in [0.2, 0.25) is 0 Å². The number of hydrogen-bond acceptors (Lipinski definition) is 4. The normalized spacial score (nSPS) is 15.0. The summed E-state index contributed by atoms with van der Waals surface area (Å²) in [7, 11) is 0. The summed E-state index contributed by atoms with van der Waals surface area (Å²) in [6.45, 7) is 4.70. The van der Waals surface area contributed by atoms with Gasteiger partial charge in [-0.15, -0.1) is 0 Å². The van der Waals surface area contributed by atoms with Crippen LogP contribution in [-0.4, -0.2) is 14.7 Å². The first-order chi connectivity index (χ1) is 10.1. The van der Waals surface area contributed by atoms with Crippen LogP contribution in [0.15, 0.2) is 22.7 Å². The predicted octanol–water partition coefficient (Wildman–Crippen LogP) is 3.15. The molecule has 5 nitrogen and oxygen atoms in total. The number of fused-ring (bicyclic) bond motifs is 1. The minimum absolute atomic E-state index is 0.582. The topological polar surface area (TPSA) is 69.9 Å². The Morgan fingerprint density at radius 3 is 2.81 bits per heavy atom. The number of anilines is 1. The van der Waals surface area contributed by atoms with Gasteiger partial charge in [0.25, 0.3) is 0 Å². The van der Waals surface area contributed by atoms with Gasteiger partial charge in [-0.1, -0.05) is 5.16 Å². The standard InChI is InChI=1S/C16H18N4O/c1-9-13(10(2)21-19-9)8-20-15-6-5-12(17)7-14(15)18-16(20)11-3-4-11/h5-7,11H,3-4,8,17H2,1-2H3. The molecule has 21 heavy (non-hydrogen) atoms. The zero-order chi connectivity index (χ0) is 14.6. The molecule has 2 heterocycles. The van der Waals surface area contributed by atoms with Crippen LogP contribution >= 0.6 is 0 Å². The van der Waals surface area contributed by atoms with Gasteiger partial charge in [-0.25, -0.2) is 4.98 Å². The molecule has 1 saturated carbocycles. The Bertz CT molecular complexity index is 807. The summed E-state index contributed by atoms with van der Waals surface area (Å²) >= 11 is 0. The minimum atomic E-state index is 0.582. The lowest BCUT2D eigenvalue weighted by molar-refractivity contribution is 0.392. The van der Waals surface area contributed by atoms with Crippen LogP contribution in [0.5, 0.6) is 0 Å². The van der Waals surface area contributed by atoms with Crippen molar-refractivity contribution in [1.82, 2.24) is 14.7 Å². The molecule has 0 spiro atoms. The Hall–Kier alpha value is -2.30. The number of rotatable bonds is 3. The summed E-state index contributed by atoms with van der Waals surface area (Å²) in [5.74, 6) is 2.63. The molecular formula is C16H18N4O. The van der Waals surface area contributed by atoms with Crippen molar-refractivity contribution in [3.8, 4) is 0 Å². The van der Waals surface area contributed by atoms with Crippen LogP contribution in [0.4, 0.5) is 5.69 Å². The molecule has 0 amide bonds. The number of imidazole rings is 1. The van der Waals surface area contributed by atoms with Crippen LogP contribution in [0.25, 0.3) is 11.0 Å². The molecule has 0 bridgehead atoms. The van der Waals surface area contributed by atoms with E-state index in [0.717, 1.165) is 46.1 Å². The molecule has 5 heteroatoms. The second-order valence-electron chi connectivity index (χ2n) is 5.88. The molecule has 1 aliphatic rings. The highest BCUT2D eigenvalue weighted by molar-refractivity contribution is 5.80. The van der Waals surface area contributed by atoms with E-state index in [0.29, 0.717) is 5.92 Å². The van der Waals surface area contributed by atoms with Gasteiger partial charge in [0.15, 0.2) is 0 Å². The van der Waals surface area contributed by atoms with Crippen LogP contribution < -0.4 is 5.73 Å². The van der Waals surface area contributed by atoms with Crippen molar-refractivity contribution < 1.29 is 4.52 Å². The van der Waals surface area contributed by atoms with Gasteiger partial charge in [-0.2, -0.15) is 0 Å². The van der Waals surface area contributed by atoms with Gasteiger partial charge >= 0.3 is 0 Å². The highest BCUT2D eigenvalue weighted by Gasteiger charge is 2.30. The summed E-state index contributed by atoms with van der Waals surface area (Å²) in [4.78, 5) is 4.81. The lowest BCUT2D eigenvalue weighted by Crippen LogP contribution is -2.05. The first-order valence-electron chi connectivity index (χ1n) is 7.31. The summed E-state index contributed by atoms with van der Waals surface area (Å²) in [5, 5.41) is 4.05. The first-order valence-corrected chi connectivity index (χ1v) is 7.31. The minimum Gasteiger partial charge on any atom is -0.399 e. The highest BCUT2D eigenvalue weighted by Crippen LogP contribution is 2.41. The number of benzene rings is 1. The quantitative estimate of drug-likeness (QED) is 0.749. The molecule has 1 aliphatic carbocycles. The second kappa shape index (κ2) is 4.35. The molecule has 1 aromatic carbocycles. The number of nitrogens with zero attached hydrogens (tertiary/aromatic N) is 3. The zero-order valence-corrected chi connectivity index (χ0v) is 12.3. The largest absolute Gasteiger partial charge is 0.399 e. The molecule has 108 valence electrons. The Balaban J connectivity index is 1.88. The Kier molecular flexibility index (Phi) is 2.58. The first kappa shape index (κ1) is 12.4. The lowest BCUT2D eigenvalue weighted by Gasteiger charge is -2.08. The Morgan fingerprint density at radius 1 is 1.33 bits per heavy atom. The number of aromatic nitrogens is 3. The van der Waals surface area contributed by atoms with Gasteiger partial charge in [0, 0.05) is 17.2 Å². The molecular weight excluding hydrogens is 264 g/mol. The van der Waals surface area contributed by atoms with Gasteiger partial charge in [-0.3, -0.25) is 0 Å². The van der Waals surface area contributed by atoms with Crippen molar-refractivity contribution >= 4 is 16.7 Å². The zero-order valence-electron chi connectivity index (χ0n) is 12.3. The smallest absolute Gasteiger partial charge is 0.138 e. The van der Waals surface area contributed by atoms with Gasteiger partial charge in [0.2, 0.25) is 0 Å². The van der Waals surface area contributed by atoms with Crippen molar-refractivity contribution in [2.45, 2.75) is 39.2 Å². The second-order valence-corrected chi connectivity index (χ2v) is 5.88. The SMILES string of the molecule is Cc1noc(C)c1Cn1c(C2CC2)nc2cc(N)ccc21. The van der Waals surface area contributed by atoms with Crippen molar-refractivity contribution in [1.29, 1.82) is 0 Å². The van der Waals surface area contributed by atoms with Gasteiger partial charge in [0.1, 0.15) is 11.6 Å². The van der Waals surface area contributed by atoms with Crippen LogP contribution in [-0.2, 0) is 6.54 Å². The van der Waals surface area contributed by atoms with E-state index < -0.39 is 0 Å².